The normalized spacial score (nSPS) is 10.7. The summed E-state index contributed by atoms with van der Waals surface area (Å²) >= 11 is 0. The van der Waals surface area contributed by atoms with Gasteiger partial charge in [0, 0.05) is 35.0 Å². The first-order chi connectivity index (χ1) is 17.4. The molecule has 0 saturated heterocycles. The maximum absolute atomic E-state index is 11.8. The van der Waals surface area contributed by atoms with E-state index in [0.29, 0.717) is 21.9 Å². The van der Waals surface area contributed by atoms with E-state index in [1.54, 1.807) is 36.4 Å². The van der Waals surface area contributed by atoms with Crippen LogP contribution in [-0.2, 0) is 23.9 Å². The molecule has 0 saturated carbocycles. The molecule has 36 heavy (non-hydrogen) atoms. The van der Waals surface area contributed by atoms with Crippen LogP contribution in [0.2, 0.25) is 0 Å². The number of benzene rings is 2. The van der Waals surface area contributed by atoms with Crippen molar-refractivity contribution in [1.82, 2.24) is 0 Å². The van der Waals surface area contributed by atoms with E-state index < -0.39 is 55.4 Å². The number of carbonyl (C=O) groups excluding carboxylic acids is 3. The summed E-state index contributed by atoms with van der Waals surface area (Å²) in [6.45, 7) is -2.22. The fraction of sp³-hybridized carbons (Fsp3) is 0.160. The topological polar surface area (TPSA) is 149 Å². The molecule has 4 aromatic rings. The summed E-state index contributed by atoms with van der Waals surface area (Å²) in [6, 6.07) is 15.1. The Bertz CT molecular complexity index is 1430. The Balaban J connectivity index is 1.15. The first-order valence-corrected chi connectivity index (χ1v) is 10.5. The van der Waals surface area contributed by atoms with Crippen molar-refractivity contribution in [2.24, 2.45) is 0 Å². The number of ether oxygens (including phenoxy) is 4. The van der Waals surface area contributed by atoms with Crippen LogP contribution in [0.4, 0.5) is 0 Å². The molecule has 2 aromatic carbocycles. The zero-order valence-corrected chi connectivity index (χ0v) is 18.6. The average molecular weight is 494 g/mol. The zero-order chi connectivity index (χ0) is 25.5. The molecule has 0 aliphatic heterocycles. The van der Waals surface area contributed by atoms with Crippen molar-refractivity contribution in [2.75, 3.05) is 26.4 Å². The number of esters is 2. The smallest absolute Gasteiger partial charge is 0.344 e. The molecule has 0 spiro atoms. The quantitative estimate of drug-likeness (QED) is 0.235. The third kappa shape index (κ3) is 6.56. The summed E-state index contributed by atoms with van der Waals surface area (Å²) < 4.78 is 30.2. The molecule has 0 aliphatic rings. The highest BCUT2D eigenvalue weighted by atomic mass is 16.6. The third-order valence-corrected chi connectivity index (χ3v) is 4.69. The van der Waals surface area contributed by atoms with E-state index in [0.717, 1.165) is 0 Å². The molecule has 2 aromatic heterocycles. The Morgan fingerprint density at radius 1 is 0.583 bits per heavy atom. The SMILES string of the molecule is O=C(COC(=O)COc1ccc2ccc(=O)oc2c1)COC(=O)COc1ccc2ccc(=O)oc2c1. The van der Waals surface area contributed by atoms with Gasteiger partial charge in [-0.3, -0.25) is 4.79 Å². The van der Waals surface area contributed by atoms with Crippen molar-refractivity contribution in [3.05, 3.63) is 81.5 Å². The lowest BCUT2D eigenvalue weighted by Crippen LogP contribution is -2.24. The van der Waals surface area contributed by atoms with Gasteiger partial charge in [0.15, 0.2) is 26.4 Å². The summed E-state index contributed by atoms with van der Waals surface area (Å²) in [7, 11) is 0. The summed E-state index contributed by atoms with van der Waals surface area (Å²) in [5.41, 5.74) is -0.454. The molecule has 0 amide bonds. The number of rotatable bonds is 10. The van der Waals surface area contributed by atoms with E-state index in [1.165, 1.54) is 24.3 Å². The van der Waals surface area contributed by atoms with E-state index in [1.807, 2.05) is 0 Å². The van der Waals surface area contributed by atoms with Gasteiger partial charge >= 0.3 is 23.2 Å². The van der Waals surface area contributed by atoms with Gasteiger partial charge in [-0.25, -0.2) is 19.2 Å². The minimum Gasteiger partial charge on any atom is -0.482 e. The van der Waals surface area contributed by atoms with Gasteiger partial charge in [0.2, 0.25) is 5.78 Å². The zero-order valence-electron chi connectivity index (χ0n) is 18.6. The van der Waals surface area contributed by atoms with Crippen LogP contribution < -0.4 is 20.7 Å². The van der Waals surface area contributed by atoms with Crippen molar-refractivity contribution < 1.29 is 42.2 Å². The molecule has 0 atom stereocenters. The predicted molar refractivity (Wildman–Crippen MR) is 123 cm³/mol. The second kappa shape index (κ2) is 11.0. The van der Waals surface area contributed by atoms with Crippen LogP contribution in [0.15, 0.2) is 79.1 Å². The van der Waals surface area contributed by atoms with Gasteiger partial charge in [-0.05, 0) is 36.4 Å². The Kier molecular flexibility index (Phi) is 7.39. The molecule has 0 radical (unpaired) electrons. The Hall–Kier alpha value is -4.93. The molecule has 0 fully saturated rings. The van der Waals surface area contributed by atoms with Gasteiger partial charge in [0.1, 0.15) is 22.7 Å². The fourth-order valence-corrected chi connectivity index (χ4v) is 2.99. The van der Waals surface area contributed by atoms with Crippen molar-refractivity contribution >= 4 is 39.7 Å². The van der Waals surface area contributed by atoms with E-state index in [-0.39, 0.29) is 11.5 Å². The van der Waals surface area contributed by atoms with Gasteiger partial charge in [-0.2, -0.15) is 0 Å². The lowest BCUT2D eigenvalue weighted by atomic mass is 10.2. The molecule has 2 heterocycles. The van der Waals surface area contributed by atoms with E-state index in [9.17, 15) is 24.0 Å². The van der Waals surface area contributed by atoms with Crippen LogP contribution in [0, 0.1) is 0 Å². The summed E-state index contributed by atoms with van der Waals surface area (Å²) in [5, 5.41) is 1.36. The molecule has 184 valence electrons. The first kappa shape index (κ1) is 24.2. The minimum atomic E-state index is -0.824. The Morgan fingerprint density at radius 3 is 1.44 bits per heavy atom. The number of hydrogen-bond donors (Lipinski definition) is 0. The Labute approximate surface area is 201 Å². The van der Waals surface area contributed by atoms with Crippen LogP contribution >= 0.6 is 0 Å². The molecule has 11 heteroatoms. The highest BCUT2D eigenvalue weighted by Crippen LogP contribution is 2.20. The average Bonchev–Trinajstić information content (AvgIpc) is 2.87. The number of fused-ring (bicyclic) bond motifs is 2. The highest BCUT2D eigenvalue weighted by molar-refractivity contribution is 5.85. The third-order valence-electron chi connectivity index (χ3n) is 4.69. The van der Waals surface area contributed by atoms with Crippen molar-refractivity contribution in [1.29, 1.82) is 0 Å². The molecule has 0 aliphatic carbocycles. The van der Waals surface area contributed by atoms with Crippen LogP contribution in [0.1, 0.15) is 0 Å². The van der Waals surface area contributed by atoms with Gasteiger partial charge in [0.05, 0.1) is 0 Å². The number of hydrogen-bond acceptors (Lipinski definition) is 11. The predicted octanol–water partition coefficient (Wildman–Crippen LogP) is 2.01. The van der Waals surface area contributed by atoms with E-state index in [2.05, 4.69) is 0 Å². The summed E-state index contributed by atoms with van der Waals surface area (Å²) in [6.07, 6.45) is 0. The van der Waals surface area contributed by atoms with Gasteiger partial charge in [-0.15, -0.1) is 0 Å². The molecule has 4 rings (SSSR count). The molecule has 11 nitrogen and oxygen atoms in total. The largest absolute Gasteiger partial charge is 0.482 e. The van der Waals surface area contributed by atoms with E-state index >= 15 is 0 Å². The number of ketones is 1. The van der Waals surface area contributed by atoms with Gasteiger partial charge in [-0.1, -0.05) is 0 Å². The molecule has 0 bridgehead atoms. The molecule has 0 N–H and O–H groups in total. The van der Waals surface area contributed by atoms with Crippen LogP contribution in [-0.4, -0.2) is 44.1 Å². The second-order valence-corrected chi connectivity index (χ2v) is 7.35. The van der Waals surface area contributed by atoms with Crippen molar-refractivity contribution in [2.45, 2.75) is 0 Å². The van der Waals surface area contributed by atoms with Crippen molar-refractivity contribution in [3.8, 4) is 11.5 Å². The molecule has 0 unspecified atom stereocenters. The summed E-state index contributed by atoms with van der Waals surface area (Å²) in [5.74, 6) is -1.77. The van der Waals surface area contributed by atoms with E-state index in [4.69, 9.17) is 27.8 Å². The first-order valence-electron chi connectivity index (χ1n) is 10.5. The monoisotopic (exact) mass is 494 g/mol. The maximum Gasteiger partial charge on any atom is 0.344 e. The number of carbonyl (C=O) groups is 3. The number of Topliss-reactive ketones (excluding diaryl/α,β-unsaturated/α-hetero) is 1. The lowest BCUT2D eigenvalue weighted by molar-refractivity contribution is -0.154. The highest BCUT2D eigenvalue weighted by Gasteiger charge is 2.13. The fourth-order valence-electron chi connectivity index (χ4n) is 2.99. The lowest BCUT2D eigenvalue weighted by Gasteiger charge is -2.08. The minimum absolute atomic E-state index is 0.266. The summed E-state index contributed by atoms with van der Waals surface area (Å²) in [4.78, 5) is 58.1. The van der Waals surface area contributed by atoms with Crippen LogP contribution in [0.3, 0.4) is 0 Å². The molecular weight excluding hydrogens is 476 g/mol. The van der Waals surface area contributed by atoms with Gasteiger partial charge in [0.25, 0.3) is 0 Å². The van der Waals surface area contributed by atoms with Crippen LogP contribution in [0.25, 0.3) is 21.9 Å². The second-order valence-electron chi connectivity index (χ2n) is 7.35. The maximum atomic E-state index is 11.8. The van der Waals surface area contributed by atoms with Crippen molar-refractivity contribution in [3.63, 3.8) is 0 Å². The standard InChI is InChI=1S/C25H18O11/c26-17(11-33-24(29)13-31-18-5-1-15-3-7-22(27)35-20(15)9-18)12-34-25(30)14-32-19-6-2-16-4-8-23(28)36-21(16)10-19/h1-10H,11-14H2. The Morgan fingerprint density at radius 2 is 1.00 bits per heavy atom. The van der Waals surface area contributed by atoms with Gasteiger partial charge < -0.3 is 27.8 Å². The molecular formula is C25H18O11. The van der Waals surface area contributed by atoms with Crippen LogP contribution in [0.5, 0.6) is 11.5 Å².